The zero-order chi connectivity index (χ0) is 26.8. The van der Waals surface area contributed by atoms with E-state index in [-0.39, 0.29) is 36.4 Å². The van der Waals surface area contributed by atoms with E-state index in [1.54, 1.807) is 13.0 Å². The zero-order valence-corrected chi connectivity index (χ0v) is 21.5. The van der Waals surface area contributed by atoms with Gasteiger partial charge < -0.3 is 26.1 Å². The highest BCUT2D eigenvalue weighted by Gasteiger charge is 2.24. The van der Waals surface area contributed by atoms with E-state index in [0.717, 1.165) is 52.9 Å². The van der Waals surface area contributed by atoms with Crippen LogP contribution < -0.4 is 16.8 Å². The molecule has 1 aliphatic carbocycles. The molecule has 1 fully saturated rings. The topological polar surface area (TPSA) is 136 Å². The number of carbonyl (C=O) groups excluding carboxylic acids is 2. The molecule has 6 N–H and O–H groups in total. The second-order valence-corrected chi connectivity index (χ2v) is 9.97. The van der Waals surface area contributed by atoms with Crippen LogP contribution in [-0.2, 0) is 11.3 Å². The van der Waals surface area contributed by atoms with Gasteiger partial charge in [-0.15, -0.1) is 0 Å². The Labute approximate surface area is 221 Å². The van der Waals surface area contributed by atoms with E-state index in [1.807, 2.05) is 59.2 Å². The van der Waals surface area contributed by atoms with Crippen molar-refractivity contribution in [1.29, 1.82) is 5.41 Å². The summed E-state index contributed by atoms with van der Waals surface area (Å²) in [5, 5.41) is 13.9. The van der Waals surface area contributed by atoms with Gasteiger partial charge in [-0.05, 0) is 73.2 Å². The summed E-state index contributed by atoms with van der Waals surface area (Å²) in [5.74, 6) is -0.583. The van der Waals surface area contributed by atoms with Gasteiger partial charge in [0.15, 0.2) is 0 Å². The van der Waals surface area contributed by atoms with Crippen molar-refractivity contribution >= 4 is 39.4 Å². The fraction of sp³-hybridized carbons (Fsp3) is 0.300. The number of fused-ring (bicyclic) bond motifs is 2. The minimum atomic E-state index is -0.385. The van der Waals surface area contributed by atoms with Gasteiger partial charge >= 0.3 is 5.97 Å². The Morgan fingerprint density at radius 1 is 1.00 bits per heavy atom. The van der Waals surface area contributed by atoms with E-state index < -0.39 is 0 Å². The van der Waals surface area contributed by atoms with Crippen molar-refractivity contribution in [3.05, 3.63) is 83.0 Å². The molecular formula is C30H33N5O3. The van der Waals surface area contributed by atoms with E-state index in [9.17, 15) is 9.59 Å². The lowest BCUT2D eigenvalue weighted by Crippen LogP contribution is -2.41. The van der Waals surface area contributed by atoms with Crippen LogP contribution in [0.3, 0.4) is 0 Å². The Bertz CT molecular complexity index is 1530. The molecule has 4 aromatic rings. The van der Waals surface area contributed by atoms with Crippen LogP contribution in [0, 0.1) is 5.41 Å². The highest BCUT2D eigenvalue weighted by molar-refractivity contribution is 6.03. The van der Waals surface area contributed by atoms with Crippen LogP contribution in [0.2, 0.25) is 0 Å². The molecule has 0 spiro atoms. The molecular weight excluding hydrogens is 478 g/mol. The quantitative estimate of drug-likeness (QED) is 0.167. The number of rotatable bonds is 7. The molecule has 38 heavy (non-hydrogen) atoms. The number of carbonyl (C=O) groups is 2. The van der Waals surface area contributed by atoms with Gasteiger partial charge in [0.1, 0.15) is 11.5 Å². The molecule has 8 nitrogen and oxygen atoms in total. The number of amides is 1. The molecule has 1 aliphatic rings. The van der Waals surface area contributed by atoms with Crippen molar-refractivity contribution in [2.45, 2.75) is 51.2 Å². The number of nitrogens with zero attached hydrogens (tertiary/aromatic N) is 1. The first-order valence-corrected chi connectivity index (χ1v) is 13.1. The predicted molar refractivity (Wildman–Crippen MR) is 150 cm³/mol. The van der Waals surface area contributed by atoms with Crippen LogP contribution in [0.1, 0.15) is 64.6 Å². The van der Waals surface area contributed by atoms with E-state index in [0.29, 0.717) is 23.4 Å². The van der Waals surface area contributed by atoms with Crippen LogP contribution in [-0.4, -0.2) is 41.0 Å². The number of nitrogens with two attached hydrogens (primary N) is 2. The average molecular weight is 512 g/mol. The first-order chi connectivity index (χ1) is 18.3. The monoisotopic (exact) mass is 511 g/mol. The maximum Gasteiger partial charge on any atom is 0.338 e. The molecule has 8 heteroatoms. The molecule has 0 bridgehead atoms. The van der Waals surface area contributed by atoms with Gasteiger partial charge in [-0.25, -0.2) is 4.79 Å². The fourth-order valence-electron chi connectivity index (χ4n) is 5.33. The Hall–Kier alpha value is -4.17. The number of amidine groups is 1. The maximum absolute atomic E-state index is 13.6. The molecule has 1 heterocycles. The van der Waals surface area contributed by atoms with E-state index >= 15 is 0 Å². The smallest absolute Gasteiger partial charge is 0.338 e. The van der Waals surface area contributed by atoms with Gasteiger partial charge in [0, 0.05) is 35.1 Å². The van der Waals surface area contributed by atoms with E-state index in [4.69, 9.17) is 21.6 Å². The summed E-state index contributed by atoms with van der Waals surface area (Å²) < 4.78 is 7.22. The summed E-state index contributed by atoms with van der Waals surface area (Å²) >= 11 is 0. The highest BCUT2D eigenvalue weighted by atomic mass is 16.5. The molecule has 0 atom stereocenters. The number of esters is 1. The summed E-state index contributed by atoms with van der Waals surface area (Å²) in [5.41, 5.74) is 15.1. The van der Waals surface area contributed by atoms with Crippen LogP contribution in [0.25, 0.3) is 21.7 Å². The number of nitrogens with one attached hydrogen (secondary N) is 2. The van der Waals surface area contributed by atoms with Crippen molar-refractivity contribution in [1.82, 2.24) is 9.88 Å². The van der Waals surface area contributed by atoms with Crippen LogP contribution >= 0.6 is 0 Å². The van der Waals surface area contributed by atoms with Crippen molar-refractivity contribution in [2.24, 2.45) is 11.5 Å². The van der Waals surface area contributed by atoms with Crippen molar-refractivity contribution < 1.29 is 14.3 Å². The summed E-state index contributed by atoms with van der Waals surface area (Å²) in [7, 11) is 0. The predicted octanol–water partition coefficient (Wildman–Crippen LogP) is 4.30. The largest absolute Gasteiger partial charge is 0.462 e. The normalized spacial score (nSPS) is 17.4. The minimum absolute atomic E-state index is 0.0426. The van der Waals surface area contributed by atoms with Crippen molar-refractivity contribution in [3.63, 3.8) is 0 Å². The SMILES string of the molecule is CCOC(=O)c1cc(Cn2c(C(=O)NC3CCC(N)CC3)cc3ccc(C(=N)N)cc32)c2ccccc2c1. The number of ether oxygens (including phenoxy) is 1. The molecule has 0 saturated heterocycles. The second kappa shape index (κ2) is 10.7. The van der Waals surface area contributed by atoms with Crippen LogP contribution in [0.4, 0.5) is 0 Å². The number of benzene rings is 3. The van der Waals surface area contributed by atoms with Gasteiger partial charge in [0.25, 0.3) is 5.91 Å². The first-order valence-electron chi connectivity index (χ1n) is 13.1. The Kier molecular flexibility index (Phi) is 7.15. The number of aromatic nitrogens is 1. The zero-order valence-electron chi connectivity index (χ0n) is 21.5. The number of nitrogen functional groups attached to an aromatic ring is 1. The second-order valence-electron chi connectivity index (χ2n) is 9.97. The van der Waals surface area contributed by atoms with E-state index in [1.165, 1.54) is 0 Å². The van der Waals surface area contributed by atoms with Crippen LogP contribution in [0.5, 0.6) is 0 Å². The van der Waals surface area contributed by atoms with Crippen LogP contribution in [0.15, 0.2) is 60.7 Å². The molecule has 1 saturated carbocycles. The summed E-state index contributed by atoms with van der Waals surface area (Å²) in [6.07, 6.45) is 3.49. The summed E-state index contributed by atoms with van der Waals surface area (Å²) in [6, 6.07) is 19.2. The molecule has 3 aromatic carbocycles. The summed E-state index contributed by atoms with van der Waals surface area (Å²) in [4.78, 5) is 26.3. The Morgan fingerprint density at radius 3 is 2.50 bits per heavy atom. The van der Waals surface area contributed by atoms with Crippen molar-refractivity contribution in [3.8, 4) is 0 Å². The summed E-state index contributed by atoms with van der Waals surface area (Å²) in [6.45, 7) is 2.41. The third-order valence-electron chi connectivity index (χ3n) is 7.34. The third-order valence-corrected chi connectivity index (χ3v) is 7.34. The number of hydrogen-bond donors (Lipinski definition) is 4. The molecule has 0 unspecified atom stereocenters. The van der Waals surface area contributed by atoms with E-state index in [2.05, 4.69) is 5.32 Å². The van der Waals surface area contributed by atoms with Gasteiger partial charge in [-0.3, -0.25) is 10.2 Å². The lowest BCUT2D eigenvalue weighted by Gasteiger charge is -2.27. The Morgan fingerprint density at radius 2 is 1.76 bits per heavy atom. The van der Waals surface area contributed by atoms with Crippen molar-refractivity contribution in [2.75, 3.05) is 6.61 Å². The standard InChI is InChI=1S/C30H33N5O3/c1-2-38-30(37)21-13-18-5-3-4-6-25(18)22(14-21)17-35-26-16-20(28(32)33)8-7-19(26)15-27(35)29(36)34-24-11-9-23(31)10-12-24/h3-8,13-16,23-24H,2,9-12,17,31H2,1H3,(H3,32,33)(H,34,36). The maximum atomic E-state index is 13.6. The average Bonchev–Trinajstić information content (AvgIpc) is 3.27. The van der Waals surface area contributed by atoms with Gasteiger partial charge in [0.2, 0.25) is 0 Å². The first kappa shape index (κ1) is 25.5. The molecule has 1 amide bonds. The molecule has 5 rings (SSSR count). The lowest BCUT2D eigenvalue weighted by atomic mass is 9.92. The Balaban J connectivity index is 1.61. The van der Waals surface area contributed by atoms with Gasteiger partial charge in [0.05, 0.1) is 12.2 Å². The third kappa shape index (κ3) is 5.13. The molecule has 1 aromatic heterocycles. The highest BCUT2D eigenvalue weighted by Crippen LogP contribution is 2.28. The molecule has 0 radical (unpaired) electrons. The van der Waals surface area contributed by atoms with Gasteiger partial charge in [-0.1, -0.05) is 36.4 Å². The van der Waals surface area contributed by atoms with Gasteiger partial charge in [-0.2, -0.15) is 0 Å². The minimum Gasteiger partial charge on any atom is -0.462 e. The number of hydrogen-bond acceptors (Lipinski definition) is 5. The fourth-order valence-corrected chi connectivity index (χ4v) is 5.33. The molecule has 0 aliphatic heterocycles. The molecule has 196 valence electrons. The lowest BCUT2D eigenvalue weighted by molar-refractivity contribution is 0.0526.